The van der Waals surface area contributed by atoms with Gasteiger partial charge in [-0.05, 0) is 66.9 Å². The monoisotopic (exact) mass is 378 g/mol. The first-order chi connectivity index (χ1) is 12.6. The van der Waals surface area contributed by atoms with Crippen molar-refractivity contribution >= 4 is 11.6 Å². The lowest BCUT2D eigenvalue weighted by atomic mass is 9.45. The molecule has 27 heavy (non-hydrogen) atoms. The van der Waals surface area contributed by atoms with E-state index in [1.165, 1.54) is 0 Å². The molecule has 0 saturated heterocycles. The molecule has 6 nitrogen and oxygen atoms in total. The molecule has 0 radical (unpaired) electrons. The normalized spacial score (nSPS) is 51.9. The number of aliphatic hydroxyl groups is 4. The second kappa shape index (κ2) is 5.96. The van der Waals surface area contributed by atoms with Crippen molar-refractivity contribution < 1.29 is 30.0 Å². The summed E-state index contributed by atoms with van der Waals surface area (Å²) in [6, 6.07) is 0. The standard InChI is InChI=1S/C21H30O6/c1-19-5-3-11(23)7-14(19)15(24)8-12-13-4-6-21(27,17(26)10-22)20(13,2)9-16(25)18(12)19/h7,12-13,15-16,18,22,24-25,27H,3-6,8-10H2,1-2H3/t12-,13-,15?,16?,18+,19-,20-,21-/m0/s1. The van der Waals surface area contributed by atoms with Gasteiger partial charge in [-0.2, -0.15) is 0 Å². The average molecular weight is 378 g/mol. The average Bonchev–Trinajstić information content (AvgIpc) is 2.87. The molecule has 150 valence electrons. The Bertz CT molecular complexity index is 715. The van der Waals surface area contributed by atoms with E-state index in [4.69, 9.17) is 0 Å². The van der Waals surface area contributed by atoms with Crippen LogP contribution in [0.2, 0.25) is 0 Å². The van der Waals surface area contributed by atoms with Gasteiger partial charge in [0.25, 0.3) is 0 Å². The van der Waals surface area contributed by atoms with E-state index < -0.39 is 41.0 Å². The van der Waals surface area contributed by atoms with Crippen LogP contribution in [0.15, 0.2) is 11.6 Å². The first-order valence-electron chi connectivity index (χ1n) is 10.1. The summed E-state index contributed by atoms with van der Waals surface area (Å²) in [7, 11) is 0. The summed E-state index contributed by atoms with van der Waals surface area (Å²) in [4.78, 5) is 24.3. The molecule has 0 aromatic carbocycles. The summed E-state index contributed by atoms with van der Waals surface area (Å²) in [5.74, 6) is -0.713. The Labute approximate surface area is 159 Å². The maximum Gasteiger partial charge on any atom is 0.190 e. The largest absolute Gasteiger partial charge is 0.393 e. The smallest absolute Gasteiger partial charge is 0.190 e. The number of hydrogen-bond acceptors (Lipinski definition) is 6. The third-order valence-corrected chi connectivity index (χ3v) is 8.67. The maximum atomic E-state index is 12.4. The van der Waals surface area contributed by atoms with Gasteiger partial charge in [0.15, 0.2) is 11.6 Å². The first kappa shape index (κ1) is 19.2. The molecule has 4 aliphatic carbocycles. The second-order valence-corrected chi connectivity index (χ2v) is 9.70. The van der Waals surface area contributed by atoms with Crippen LogP contribution in [0.25, 0.3) is 0 Å². The fourth-order valence-corrected chi connectivity index (χ4v) is 7.33. The van der Waals surface area contributed by atoms with Gasteiger partial charge in [-0.3, -0.25) is 9.59 Å². The molecule has 0 aromatic heterocycles. The maximum absolute atomic E-state index is 12.4. The molecule has 0 amide bonds. The lowest BCUT2D eigenvalue weighted by molar-refractivity contribution is -0.187. The quantitative estimate of drug-likeness (QED) is 0.564. The minimum absolute atomic E-state index is 0.0166. The van der Waals surface area contributed by atoms with Crippen LogP contribution in [-0.4, -0.2) is 56.4 Å². The number of ketones is 2. The highest BCUT2D eigenvalue weighted by Crippen LogP contribution is 2.67. The molecule has 4 aliphatic rings. The first-order valence-corrected chi connectivity index (χ1v) is 10.1. The van der Waals surface area contributed by atoms with E-state index >= 15 is 0 Å². The van der Waals surface area contributed by atoms with Gasteiger partial charge in [-0.15, -0.1) is 0 Å². The predicted molar refractivity (Wildman–Crippen MR) is 96.5 cm³/mol. The van der Waals surface area contributed by atoms with E-state index in [1.807, 2.05) is 13.8 Å². The molecule has 3 fully saturated rings. The fourth-order valence-electron chi connectivity index (χ4n) is 7.33. The molecule has 4 N–H and O–H groups in total. The van der Waals surface area contributed by atoms with Gasteiger partial charge in [0.05, 0.1) is 12.2 Å². The Morgan fingerprint density at radius 3 is 2.63 bits per heavy atom. The molecule has 2 unspecified atom stereocenters. The third kappa shape index (κ3) is 2.33. The number of fused-ring (bicyclic) bond motifs is 5. The Kier molecular flexibility index (Phi) is 4.25. The number of hydrogen-bond donors (Lipinski definition) is 4. The van der Waals surface area contributed by atoms with Gasteiger partial charge in [0.2, 0.25) is 0 Å². The number of carbonyl (C=O) groups is 2. The SMILES string of the molecule is C[C@]12CCC(=O)C=C1C(O)C[C@@H]1[C@@H]2C(O)C[C@@]2(C)[C@H]1CC[C@]2(O)C(=O)CO. The van der Waals surface area contributed by atoms with E-state index in [9.17, 15) is 30.0 Å². The fraction of sp³-hybridized carbons (Fsp3) is 0.810. The second-order valence-electron chi connectivity index (χ2n) is 9.70. The summed E-state index contributed by atoms with van der Waals surface area (Å²) in [5.41, 5.74) is -2.17. The van der Waals surface area contributed by atoms with Crippen LogP contribution in [0.3, 0.4) is 0 Å². The topological polar surface area (TPSA) is 115 Å². The Hall–Kier alpha value is -1.08. The zero-order valence-electron chi connectivity index (χ0n) is 16.0. The van der Waals surface area contributed by atoms with Crippen LogP contribution in [0, 0.1) is 28.6 Å². The van der Waals surface area contributed by atoms with Crippen molar-refractivity contribution in [2.24, 2.45) is 28.6 Å². The Morgan fingerprint density at radius 1 is 1.26 bits per heavy atom. The zero-order chi connectivity index (χ0) is 19.8. The molecule has 0 spiro atoms. The van der Waals surface area contributed by atoms with Crippen molar-refractivity contribution in [2.75, 3.05) is 6.61 Å². The van der Waals surface area contributed by atoms with Crippen molar-refractivity contribution in [2.45, 2.75) is 70.2 Å². The summed E-state index contributed by atoms with van der Waals surface area (Å²) in [6.45, 7) is 3.18. The molecule has 8 atom stereocenters. The molecule has 3 saturated carbocycles. The van der Waals surface area contributed by atoms with Gasteiger partial charge in [-0.1, -0.05) is 13.8 Å². The molecule has 6 heteroatoms. The highest BCUT2D eigenvalue weighted by atomic mass is 16.3. The third-order valence-electron chi connectivity index (χ3n) is 8.67. The van der Waals surface area contributed by atoms with Crippen molar-refractivity contribution in [3.63, 3.8) is 0 Å². The van der Waals surface area contributed by atoms with Crippen LogP contribution >= 0.6 is 0 Å². The molecule has 4 rings (SSSR count). The Morgan fingerprint density at radius 2 is 1.96 bits per heavy atom. The van der Waals surface area contributed by atoms with E-state index in [-0.39, 0.29) is 36.4 Å². The van der Waals surface area contributed by atoms with Crippen molar-refractivity contribution in [3.05, 3.63) is 11.6 Å². The molecule has 0 aliphatic heterocycles. The molecule has 0 bridgehead atoms. The summed E-state index contributed by atoms with van der Waals surface area (Å²) < 4.78 is 0. The van der Waals surface area contributed by atoms with Gasteiger partial charge < -0.3 is 20.4 Å². The van der Waals surface area contributed by atoms with Crippen molar-refractivity contribution in [3.8, 4) is 0 Å². The van der Waals surface area contributed by atoms with E-state index in [1.54, 1.807) is 6.08 Å². The molecule has 0 heterocycles. The van der Waals surface area contributed by atoms with Crippen LogP contribution in [0.4, 0.5) is 0 Å². The van der Waals surface area contributed by atoms with Crippen LogP contribution < -0.4 is 0 Å². The number of Topliss-reactive ketones (excluding diaryl/α,β-unsaturated/α-hetero) is 1. The van der Waals surface area contributed by atoms with Gasteiger partial charge >= 0.3 is 0 Å². The minimum Gasteiger partial charge on any atom is -0.393 e. The predicted octanol–water partition coefficient (Wildman–Crippen LogP) is 0.752. The lowest BCUT2D eigenvalue weighted by Gasteiger charge is -2.61. The minimum atomic E-state index is -1.64. The summed E-state index contributed by atoms with van der Waals surface area (Å²) in [6.07, 6.45) is 2.75. The van der Waals surface area contributed by atoms with Crippen LogP contribution in [0.5, 0.6) is 0 Å². The van der Waals surface area contributed by atoms with E-state index in [2.05, 4.69) is 0 Å². The Balaban J connectivity index is 1.77. The highest BCUT2D eigenvalue weighted by molar-refractivity contribution is 5.92. The number of rotatable bonds is 2. The van der Waals surface area contributed by atoms with Gasteiger partial charge in [-0.25, -0.2) is 0 Å². The van der Waals surface area contributed by atoms with Crippen LogP contribution in [0.1, 0.15) is 52.4 Å². The molecule has 0 aromatic rings. The van der Waals surface area contributed by atoms with Gasteiger partial charge in [0, 0.05) is 11.8 Å². The van der Waals surface area contributed by atoms with E-state index in [0.29, 0.717) is 25.7 Å². The summed E-state index contributed by atoms with van der Waals surface area (Å²) in [5, 5.41) is 42.6. The highest BCUT2D eigenvalue weighted by Gasteiger charge is 2.68. The summed E-state index contributed by atoms with van der Waals surface area (Å²) >= 11 is 0. The molecular formula is C21H30O6. The van der Waals surface area contributed by atoms with E-state index in [0.717, 1.165) is 5.57 Å². The van der Waals surface area contributed by atoms with Crippen molar-refractivity contribution in [1.82, 2.24) is 0 Å². The number of carbonyl (C=O) groups excluding carboxylic acids is 2. The number of aliphatic hydroxyl groups excluding tert-OH is 3. The zero-order valence-corrected chi connectivity index (χ0v) is 16.0. The van der Waals surface area contributed by atoms with Crippen molar-refractivity contribution in [1.29, 1.82) is 0 Å². The lowest BCUT2D eigenvalue weighted by Crippen LogP contribution is -2.63. The molecular weight excluding hydrogens is 348 g/mol. The van der Waals surface area contributed by atoms with Crippen LogP contribution in [-0.2, 0) is 9.59 Å². The van der Waals surface area contributed by atoms with Gasteiger partial charge in [0.1, 0.15) is 12.2 Å².